The number of rotatable bonds is 4. The van der Waals surface area contributed by atoms with E-state index in [4.69, 9.17) is 0 Å². The maximum absolute atomic E-state index is 12.7. The number of aryl methyl sites for hydroxylation is 1. The molecule has 0 fully saturated rings. The summed E-state index contributed by atoms with van der Waals surface area (Å²) >= 11 is 0. The molecule has 0 aromatic heterocycles. The summed E-state index contributed by atoms with van der Waals surface area (Å²) in [5, 5.41) is 2.89. The Bertz CT molecular complexity index is 678. The fraction of sp³-hybridized carbons (Fsp3) is 0.263. The van der Waals surface area contributed by atoms with E-state index in [0.717, 1.165) is 11.1 Å². The number of hydrogen-bond donors (Lipinski definition) is 1. The molecular formula is C19H21NO2. The number of carbonyl (C=O) groups is 2. The molecule has 1 N–H and O–H groups in total. The van der Waals surface area contributed by atoms with Gasteiger partial charge in [0.1, 0.15) is 0 Å². The van der Waals surface area contributed by atoms with Crippen molar-refractivity contribution >= 4 is 11.7 Å². The van der Waals surface area contributed by atoms with Gasteiger partial charge in [-0.2, -0.15) is 0 Å². The van der Waals surface area contributed by atoms with Gasteiger partial charge in [0.2, 0.25) is 5.91 Å². The lowest BCUT2D eigenvalue weighted by atomic mass is 9.88. The summed E-state index contributed by atoms with van der Waals surface area (Å²) in [6, 6.07) is 7.17. The normalized spacial score (nSPS) is 17.3. The molecule has 0 saturated carbocycles. The van der Waals surface area contributed by atoms with Crippen LogP contribution in [0.5, 0.6) is 0 Å². The monoisotopic (exact) mass is 295 g/mol. The number of carbonyl (C=O) groups excluding carboxylic acids is 2. The van der Waals surface area contributed by atoms with Crippen molar-refractivity contribution in [3.63, 3.8) is 0 Å². The van der Waals surface area contributed by atoms with Gasteiger partial charge in [0.15, 0.2) is 5.78 Å². The van der Waals surface area contributed by atoms with Gasteiger partial charge in [-0.25, -0.2) is 0 Å². The summed E-state index contributed by atoms with van der Waals surface area (Å²) in [6.07, 6.45) is 4.39. The second kappa shape index (κ2) is 6.56. The molecule has 0 saturated heterocycles. The van der Waals surface area contributed by atoms with Crippen LogP contribution < -0.4 is 5.32 Å². The van der Waals surface area contributed by atoms with Crippen LogP contribution in [-0.2, 0) is 4.79 Å². The predicted molar refractivity (Wildman–Crippen MR) is 88.7 cm³/mol. The largest absolute Gasteiger partial charge is 0.345 e. The first-order valence-electron chi connectivity index (χ1n) is 7.33. The third-order valence-electron chi connectivity index (χ3n) is 3.72. The summed E-state index contributed by atoms with van der Waals surface area (Å²) in [5.41, 5.74) is 3.93. The van der Waals surface area contributed by atoms with Crippen LogP contribution in [0, 0.1) is 6.92 Å². The van der Waals surface area contributed by atoms with Crippen molar-refractivity contribution in [2.75, 3.05) is 0 Å². The van der Waals surface area contributed by atoms with Crippen molar-refractivity contribution in [1.82, 2.24) is 5.32 Å². The van der Waals surface area contributed by atoms with Crippen LogP contribution in [0.15, 0.2) is 59.7 Å². The van der Waals surface area contributed by atoms with Crippen LogP contribution in [0.2, 0.25) is 0 Å². The Balaban J connectivity index is 2.28. The number of ketones is 1. The van der Waals surface area contributed by atoms with Gasteiger partial charge >= 0.3 is 0 Å². The van der Waals surface area contributed by atoms with E-state index in [1.807, 2.05) is 50.3 Å². The Labute approximate surface area is 131 Å². The highest BCUT2D eigenvalue weighted by atomic mass is 16.2. The number of benzene rings is 1. The van der Waals surface area contributed by atoms with Crippen LogP contribution in [0.25, 0.3) is 0 Å². The average Bonchev–Trinajstić information content (AvgIpc) is 2.47. The van der Waals surface area contributed by atoms with E-state index in [-0.39, 0.29) is 17.7 Å². The quantitative estimate of drug-likeness (QED) is 0.682. The Kier molecular flexibility index (Phi) is 4.76. The van der Waals surface area contributed by atoms with Crippen molar-refractivity contribution in [3.05, 3.63) is 70.8 Å². The molecule has 3 heteroatoms. The van der Waals surface area contributed by atoms with Gasteiger partial charge in [-0.15, -0.1) is 0 Å². The first-order valence-corrected chi connectivity index (χ1v) is 7.33. The summed E-state index contributed by atoms with van der Waals surface area (Å²) in [5.74, 6) is -0.266. The van der Waals surface area contributed by atoms with Gasteiger partial charge in [0.25, 0.3) is 0 Å². The molecule has 0 radical (unpaired) electrons. The standard InChI is InChI=1S/C19H21NO2/c1-12(2)19(22)20-17-11-14(4)7-10-16(17)18(21)15-8-5-13(3)6-9-15/h5-10,17H,1,11H2,2-4H3,(H,20,22). The molecule has 3 nitrogen and oxygen atoms in total. The SMILES string of the molecule is C=C(C)C(=O)NC1CC(C)=CC=C1C(=O)c1ccc(C)cc1. The molecule has 1 aliphatic carbocycles. The number of nitrogens with one attached hydrogen (secondary N) is 1. The van der Waals surface area contributed by atoms with E-state index in [0.29, 0.717) is 23.1 Å². The first kappa shape index (κ1) is 16.0. The van der Waals surface area contributed by atoms with Gasteiger partial charge in [0, 0.05) is 16.7 Å². The average molecular weight is 295 g/mol. The van der Waals surface area contributed by atoms with Crippen molar-refractivity contribution in [2.45, 2.75) is 33.2 Å². The first-order chi connectivity index (χ1) is 10.4. The maximum Gasteiger partial charge on any atom is 0.246 e. The van der Waals surface area contributed by atoms with E-state index in [2.05, 4.69) is 11.9 Å². The smallest absolute Gasteiger partial charge is 0.246 e. The molecule has 1 amide bonds. The molecule has 1 aromatic rings. The summed E-state index contributed by atoms with van der Waals surface area (Å²) in [7, 11) is 0. The predicted octanol–water partition coefficient (Wildman–Crippen LogP) is 3.52. The fourth-order valence-corrected chi connectivity index (χ4v) is 2.36. The van der Waals surface area contributed by atoms with Crippen molar-refractivity contribution < 1.29 is 9.59 Å². The van der Waals surface area contributed by atoms with E-state index in [9.17, 15) is 9.59 Å². The van der Waals surface area contributed by atoms with E-state index in [1.54, 1.807) is 6.92 Å². The minimum atomic E-state index is -0.303. The summed E-state index contributed by atoms with van der Waals surface area (Å²) in [4.78, 5) is 24.6. The highest BCUT2D eigenvalue weighted by Gasteiger charge is 2.25. The number of amides is 1. The molecule has 1 aliphatic rings. The topological polar surface area (TPSA) is 46.2 Å². The lowest BCUT2D eigenvalue weighted by molar-refractivity contribution is -0.117. The third kappa shape index (κ3) is 3.61. The van der Waals surface area contributed by atoms with Gasteiger partial charge in [-0.3, -0.25) is 9.59 Å². The molecule has 1 unspecified atom stereocenters. The Morgan fingerprint density at radius 3 is 2.36 bits per heavy atom. The zero-order valence-corrected chi connectivity index (χ0v) is 13.3. The highest BCUT2D eigenvalue weighted by Crippen LogP contribution is 2.23. The number of Topliss-reactive ketones (excluding diaryl/α,β-unsaturated/α-hetero) is 1. The molecule has 0 heterocycles. The zero-order chi connectivity index (χ0) is 16.3. The Morgan fingerprint density at radius 1 is 1.14 bits per heavy atom. The van der Waals surface area contributed by atoms with Crippen molar-refractivity contribution in [3.8, 4) is 0 Å². The van der Waals surface area contributed by atoms with Gasteiger partial charge < -0.3 is 5.32 Å². The molecule has 0 aliphatic heterocycles. The van der Waals surface area contributed by atoms with Crippen LogP contribution in [0.4, 0.5) is 0 Å². The van der Waals surface area contributed by atoms with E-state index < -0.39 is 0 Å². The Hall–Kier alpha value is -2.42. The minimum Gasteiger partial charge on any atom is -0.345 e. The second-order valence-electron chi connectivity index (χ2n) is 5.84. The van der Waals surface area contributed by atoms with E-state index >= 15 is 0 Å². The zero-order valence-electron chi connectivity index (χ0n) is 13.3. The highest BCUT2D eigenvalue weighted by molar-refractivity contribution is 6.10. The van der Waals surface area contributed by atoms with Crippen molar-refractivity contribution in [2.24, 2.45) is 0 Å². The molecule has 114 valence electrons. The Morgan fingerprint density at radius 2 is 1.77 bits per heavy atom. The molecule has 0 spiro atoms. The van der Waals surface area contributed by atoms with Gasteiger partial charge in [0.05, 0.1) is 6.04 Å². The fourth-order valence-electron chi connectivity index (χ4n) is 2.36. The molecule has 22 heavy (non-hydrogen) atoms. The lowest BCUT2D eigenvalue weighted by Gasteiger charge is -2.24. The van der Waals surface area contributed by atoms with E-state index in [1.165, 1.54) is 0 Å². The summed E-state index contributed by atoms with van der Waals surface area (Å²) < 4.78 is 0. The number of allylic oxidation sites excluding steroid dienone is 2. The van der Waals surface area contributed by atoms with Crippen LogP contribution in [0.3, 0.4) is 0 Å². The minimum absolute atomic E-state index is 0.0456. The summed E-state index contributed by atoms with van der Waals surface area (Å²) in [6.45, 7) is 9.28. The maximum atomic E-state index is 12.7. The lowest BCUT2D eigenvalue weighted by Crippen LogP contribution is -2.39. The molecule has 0 bridgehead atoms. The molecule has 1 aromatic carbocycles. The van der Waals surface area contributed by atoms with Gasteiger partial charge in [-0.05, 0) is 27.2 Å². The van der Waals surface area contributed by atoms with Gasteiger partial charge in [-0.1, -0.05) is 54.1 Å². The van der Waals surface area contributed by atoms with Crippen molar-refractivity contribution in [1.29, 1.82) is 0 Å². The second-order valence-corrected chi connectivity index (χ2v) is 5.84. The number of hydrogen-bond acceptors (Lipinski definition) is 2. The van der Waals surface area contributed by atoms with Crippen LogP contribution >= 0.6 is 0 Å². The van der Waals surface area contributed by atoms with Crippen LogP contribution in [-0.4, -0.2) is 17.7 Å². The third-order valence-corrected chi connectivity index (χ3v) is 3.72. The van der Waals surface area contributed by atoms with Crippen LogP contribution in [0.1, 0.15) is 36.2 Å². The molecule has 1 atom stereocenters. The molecule has 2 rings (SSSR count). The molecular weight excluding hydrogens is 274 g/mol.